The van der Waals surface area contributed by atoms with Crippen LogP contribution in [0.1, 0.15) is 12.8 Å². The number of benzene rings is 3. The minimum absolute atomic E-state index is 0.0625. The third kappa shape index (κ3) is 7.31. The molecule has 1 aliphatic rings. The summed E-state index contributed by atoms with van der Waals surface area (Å²) in [7, 11) is 1.82. The lowest BCUT2D eigenvalue weighted by atomic mass is 10.1. The van der Waals surface area contributed by atoms with E-state index in [0.717, 1.165) is 30.2 Å². The summed E-state index contributed by atoms with van der Waals surface area (Å²) in [4.78, 5) is 24.4. The van der Waals surface area contributed by atoms with Gasteiger partial charge in [0.1, 0.15) is 11.5 Å². The van der Waals surface area contributed by atoms with Crippen molar-refractivity contribution in [3.63, 3.8) is 0 Å². The zero-order valence-electron chi connectivity index (χ0n) is 24.2. The molecule has 1 fully saturated rings. The summed E-state index contributed by atoms with van der Waals surface area (Å²) in [5, 5.41) is 9.39. The van der Waals surface area contributed by atoms with Crippen LogP contribution in [0.25, 0.3) is 11.0 Å². The van der Waals surface area contributed by atoms with Crippen molar-refractivity contribution in [3.8, 4) is 11.5 Å². The molecule has 43 heavy (non-hydrogen) atoms. The minimum Gasteiger partial charge on any atom is -0.497 e. The first-order valence-corrected chi connectivity index (χ1v) is 15.0. The Hall–Kier alpha value is -4.46. The number of carbonyl (C=O) groups excluding carboxylic acids is 1. The number of piperidine rings is 1. The lowest BCUT2D eigenvalue weighted by Gasteiger charge is -2.31. The third-order valence-corrected chi connectivity index (χ3v) is 8.01. The van der Waals surface area contributed by atoms with Crippen molar-refractivity contribution < 1.29 is 22.7 Å². The average molecular weight is 606 g/mol. The highest BCUT2D eigenvalue weighted by Gasteiger charge is 2.23. The van der Waals surface area contributed by atoms with Gasteiger partial charge in [-0.3, -0.25) is 9.69 Å². The van der Waals surface area contributed by atoms with Crippen molar-refractivity contribution in [2.24, 2.45) is 0 Å². The van der Waals surface area contributed by atoms with E-state index in [1.165, 1.54) is 0 Å². The van der Waals surface area contributed by atoms with Gasteiger partial charge in [-0.1, -0.05) is 18.2 Å². The standard InChI is InChI=1S/C30H35N7O5S/c1-31-20-11-13-36(14-12-20)19-28(38)32-21-7-6-8-23(15-21)37(43(39)40)30-29(34-26-9-4-5-10-27(26)35-30)33-22-16-24(41-2)18-25(17-22)42-3/h4-10,15-18,20,31,43H,11-14,19H2,1-3H3,(H,32,38)(H,33,34). The predicted molar refractivity (Wildman–Crippen MR) is 168 cm³/mol. The normalized spacial score (nSPS) is 14.0. The number of amides is 1. The summed E-state index contributed by atoms with van der Waals surface area (Å²) >= 11 is 0. The highest BCUT2D eigenvalue weighted by atomic mass is 32.2. The Morgan fingerprint density at radius 1 is 0.930 bits per heavy atom. The van der Waals surface area contributed by atoms with Crippen molar-refractivity contribution in [3.05, 3.63) is 66.7 Å². The number of nitrogens with one attached hydrogen (secondary N) is 3. The highest BCUT2D eigenvalue weighted by Crippen LogP contribution is 2.35. The summed E-state index contributed by atoms with van der Waals surface area (Å²) in [5.41, 5.74) is 2.40. The number of anilines is 5. The quantitative estimate of drug-likeness (QED) is 0.187. The molecule has 226 valence electrons. The highest BCUT2D eigenvalue weighted by molar-refractivity contribution is 7.74. The Labute approximate surface area is 252 Å². The van der Waals surface area contributed by atoms with Crippen LogP contribution in [0, 0.1) is 0 Å². The zero-order valence-corrected chi connectivity index (χ0v) is 25.1. The number of thiol groups is 1. The molecular formula is C30H35N7O5S. The van der Waals surface area contributed by atoms with Crippen molar-refractivity contribution in [1.29, 1.82) is 0 Å². The van der Waals surface area contributed by atoms with Gasteiger partial charge in [0.15, 0.2) is 11.6 Å². The van der Waals surface area contributed by atoms with Crippen molar-refractivity contribution in [2.75, 3.05) is 55.8 Å². The maximum atomic E-state index is 12.9. The van der Waals surface area contributed by atoms with Gasteiger partial charge in [0.2, 0.25) is 16.8 Å². The van der Waals surface area contributed by atoms with Crippen molar-refractivity contribution >= 4 is 56.5 Å². The van der Waals surface area contributed by atoms with Crippen LogP contribution in [-0.2, 0) is 15.7 Å². The van der Waals surface area contributed by atoms with Crippen LogP contribution in [-0.4, -0.2) is 76.1 Å². The topological polar surface area (TPSA) is 138 Å². The van der Waals surface area contributed by atoms with Crippen molar-refractivity contribution in [2.45, 2.75) is 18.9 Å². The Morgan fingerprint density at radius 2 is 1.60 bits per heavy atom. The van der Waals surface area contributed by atoms with Crippen LogP contribution < -0.4 is 29.7 Å². The Balaban J connectivity index is 1.46. The zero-order chi connectivity index (χ0) is 30.3. The molecule has 12 nitrogen and oxygen atoms in total. The number of rotatable bonds is 11. The van der Waals surface area contributed by atoms with Gasteiger partial charge in [-0.2, -0.15) is 0 Å². The second kappa shape index (κ2) is 13.7. The van der Waals surface area contributed by atoms with Gasteiger partial charge in [0.05, 0.1) is 37.5 Å². The van der Waals surface area contributed by atoms with Crippen LogP contribution in [0.4, 0.5) is 28.7 Å². The van der Waals surface area contributed by atoms with Gasteiger partial charge in [-0.25, -0.2) is 22.7 Å². The molecule has 1 amide bonds. The van der Waals surface area contributed by atoms with E-state index in [2.05, 4.69) is 20.9 Å². The van der Waals surface area contributed by atoms with Gasteiger partial charge in [0.25, 0.3) is 0 Å². The van der Waals surface area contributed by atoms with E-state index in [-0.39, 0.29) is 24.1 Å². The van der Waals surface area contributed by atoms with Crippen LogP contribution >= 0.6 is 0 Å². The van der Waals surface area contributed by atoms with Crippen LogP contribution in [0.3, 0.4) is 0 Å². The van der Waals surface area contributed by atoms with Gasteiger partial charge in [-0.15, -0.1) is 0 Å². The minimum atomic E-state index is -3.22. The fourth-order valence-corrected chi connectivity index (χ4v) is 5.64. The summed E-state index contributed by atoms with van der Waals surface area (Å²) < 4.78 is 37.5. The molecule has 0 spiro atoms. The second-order valence-corrected chi connectivity index (χ2v) is 11.0. The lowest BCUT2D eigenvalue weighted by molar-refractivity contribution is -0.117. The van der Waals surface area contributed by atoms with Gasteiger partial charge < -0.3 is 25.4 Å². The monoisotopic (exact) mass is 605 g/mol. The molecule has 2 heterocycles. The molecule has 0 aliphatic carbocycles. The second-order valence-electron chi connectivity index (χ2n) is 10.1. The molecule has 13 heteroatoms. The first-order chi connectivity index (χ1) is 20.9. The maximum Gasteiger partial charge on any atom is 0.238 e. The van der Waals surface area contributed by atoms with E-state index in [1.807, 2.05) is 13.1 Å². The third-order valence-electron chi connectivity index (χ3n) is 7.27. The molecule has 0 unspecified atom stereocenters. The molecule has 0 radical (unpaired) electrons. The Kier molecular flexibility index (Phi) is 9.55. The molecule has 3 aromatic carbocycles. The Bertz CT molecular complexity index is 1640. The van der Waals surface area contributed by atoms with E-state index >= 15 is 0 Å². The van der Waals surface area contributed by atoms with E-state index in [9.17, 15) is 13.2 Å². The molecular weight excluding hydrogens is 570 g/mol. The summed E-state index contributed by atoms with van der Waals surface area (Å²) in [6.07, 6.45) is 1.97. The smallest absolute Gasteiger partial charge is 0.238 e. The summed E-state index contributed by atoms with van der Waals surface area (Å²) in [5.74, 6) is 1.18. The number of methoxy groups -OCH3 is 2. The molecule has 0 atom stereocenters. The average Bonchev–Trinajstić information content (AvgIpc) is 3.01. The SMILES string of the molecule is CNC1CCN(CC(=O)Nc2cccc(N(c3nc4ccccc4nc3Nc3cc(OC)cc(OC)c3)[SH](=O)=O)c2)CC1. The molecule has 3 N–H and O–H groups in total. The van der Waals surface area contributed by atoms with E-state index < -0.39 is 10.9 Å². The van der Waals surface area contributed by atoms with Crippen LogP contribution in [0.15, 0.2) is 66.7 Å². The number of carbonyl (C=O) groups is 1. The number of hydrogen-bond acceptors (Lipinski definition) is 10. The maximum absolute atomic E-state index is 12.9. The van der Waals surface area contributed by atoms with Crippen LogP contribution in [0.5, 0.6) is 11.5 Å². The summed E-state index contributed by atoms with van der Waals surface area (Å²) in [6, 6.07) is 19.5. The van der Waals surface area contributed by atoms with Crippen molar-refractivity contribution in [1.82, 2.24) is 20.2 Å². The van der Waals surface area contributed by atoms with E-state index in [4.69, 9.17) is 19.4 Å². The largest absolute Gasteiger partial charge is 0.497 e. The Morgan fingerprint density at radius 3 is 2.23 bits per heavy atom. The number of para-hydroxylation sites is 2. The number of fused-ring (bicyclic) bond motifs is 1. The molecule has 4 aromatic rings. The van der Waals surface area contributed by atoms with E-state index in [0.29, 0.717) is 45.6 Å². The lowest BCUT2D eigenvalue weighted by Crippen LogP contribution is -2.44. The number of hydrogen-bond donors (Lipinski definition) is 4. The van der Waals surface area contributed by atoms with Gasteiger partial charge >= 0.3 is 0 Å². The molecule has 1 aliphatic heterocycles. The number of likely N-dealkylation sites (tertiary alicyclic amines) is 1. The number of nitrogens with zero attached hydrogens (tertiary/aromatic N) is 4. The van der Waals surface area contributed by atoms with Crippen LogP contribution in [0.2, 0.25) is 0 Å². The molecule has 0 saturated carbocycles. The first kappa shape index (κ1) is 30.0. The predicted octanol–water partition coefficient (Wildman–Crippen LogP) is 3.68. The van der Waals surface area contributed by atoms with E-state index in [1.54, 1.807) is 74.9 Å². The fraction of sp³-hybridized carbons (Fsp3) is 0.300. The first-order valence-electron chi connectivity index (χ1n) is 13.9. The van der Waals surface area contributed by atoms with Gasteiger partial charge in [-0.05, 0) is 50.2 Å². The molecule has 1 aromatic heterocycles. The molecule has 5 rings (SSSR count). The fourth-order valence-electron chi connectivity index (χ4n) is 5.03. The summed E-state index contributed by atoms with van der Waals surface area (Å²) in [6.45, 7) is 1.92. The number of ether oxygens (including phenoxy) is 2. The molecule has 0 bridgehead atoms. The number of aromatic nitrogens is 2. The van der Waals surface area contributed by atoms with Gasteiger partial charge in [0, 0.05) is 48.7 Å². The molecule has 1 saturated heterocycles.